The van der Waals surface area contributed by atoms with Gasteiger partial charge in [-0.05, 0) is 202 Å². The smallest absolute Gasteiger partial charge is 0.200 e. The molecule has 6 rings (SSSR count). The van der Waals surface area contributed by atoms with Crippen LogP contribution in [0.25, 0.3) is 0 Å². The van der Waals surface area contributed by atoms with Gasteiger partial charge in [0.2, 0.25) is 11.6 Å². The number of aryl methyl sites for hydroxylation is 8. The summed E-state index contributed by atoms with van der Waals surface area (Å²) in [6.45, 7) is 31.6. The van der Waals surface area contributed by atoms with E-state index in [-0.39, 0.29) is 11.5 Å². The van der Waals surface area contributed by atoms with Crippen molar-refractivity contribution in [3.8, 4) is 23.0 Å². The molecule has 0 N–H and O–H groups in total. The van der Waals surface area contributed by atoms with E-state index in [0.717, 1.165) is 44.5 Å². The Balaban J connectivity index is 1.22. The van der Waals surface area contributed by atoms with Crippen molar-refractivity contribution in [2.45, 2.75) is 152 Å². The number of benzene rings is 6. The SMILES string of the molecule is Cc1cc(C(C)(C)c2cc(C)c(OC(C)(C)c3cc(C)c(OC(C)(C)c4c(F)c(F)c(F)c(F)c4F)c(C)c3)c(C)c2)cc(C)c1OC(C)(C)c1cc(C)c(OC(C)(C)c2c(F)c(F)c(F)c(F)c2F)c(C)c1. The van der Waals surface area contributed by atoms with E-state index in [9.17, 15) is 43.9 Å². The van der Waals surface area contributed by atoms with Gasteiger partial charge < -0.3 is 18.9 Å². The molecule has 0 aliphatic heterocycles. The summed E-state index contributed by atoms with van der Waals surface area (Å²) in [5.74, 6) is -18.8. The maximum atomic E-state index is 14.9. The van der Waals surface area contributed by atoms with Crippen LogP contribution in [-0.2, 0) is 27.8 Å². The number of ether oxygens (including phenoxy) is 4. The summed E-state index contributed by atoms with van der Waals surface area (Å²) in [5.41, 5.74) is 0.868. The van der Waals surface area contributed by atoms with Crippen LogP contribution in [0.3, 0.4) is 0 Å². The normalized spacial score (nSPS) is 12.7. The lowest BCUT2D eigenvalue weighted by molar-refractivity contribution is 0.0926. The van der Waals surface area contributed by atoms with Crippen molar-refractivity contribution in [2.75, 3.05) is 0 Å². The monoisotopic (exact) mass is 1020 g/mol. The molecule has 6 aromatic carbocycles. The van der Waals surface area contributed by atoms with Gasteiger partial charge in [-0.1, -0.05) is 38.1 Å². The van der Waals surface area contributed by atoms with Gasteiger partial charge in [0.15, 0.2) is 46.5 Å². The van der Waals surface area contributed by atoms with Crippen molar-refractivity contribution in [1.29, 1.82) is 0 Å². The van der Waals surface area contributed by atoms with Crippen molar-refractivity contribution < 1.29 is 62.9 Å². The molecule has 0 aliphatic rings. The maximum absolute atomic E-state index is 14.9. The molecule has 0 saturated carbocycles. The first-order valence-corrected chi connectivity index (χ1v) is 23.6. The number of hydrogen-bond acceptors (Lipinski definition) is 4. The van der Waals surface area contributed by atoms with Gasteiger partial charge in [0, 0.05) is 5.41 Å². The van der Waals surface area contributed by atoms with Crippen molar-refractivity contribution in [1.82, 2.24) is 0 Å². The second-order valence-corrected chi connectivity index (χ2v) is 21.7. The molecule has 392 valence electrons. The van der Waals surface area contributed by atoms with Gasteiger partial charge in [-0.15, -0.1) is 0 Å². The zero-order valence-electron chi connectivity index (χ0n) is 44.5. The summed E-state index contributed by atoms with van der Waals surface area (Å²) in [6.07, 6.45) is 0. The van der Waals surface area contributed by atoms with Crippen LogP contribution in [-0.4, -0.2) is 0 Å². The Kier molecular flexibility index (Phi) is 14.8. The third kappa shape index (κ3) is 10.2. The van der Waals surface area contributed by atoms with Crippen LogP contribution in [0, 0.1) is 114 Å². The molecule has 0 fully saturated rings. The molecule has 0 radical (unpaired) electrons. The second kappa shape index (κ2) is 19.3. The molecule has 0 bridgehead atoms. The van der Waals surface area contributed by atoms with Crippen molar-refractivity contribution >= 4 is 0 Å². The van der Waals surface area contributed by atoms with Crippen LogP contribution >= 0.6 is 0 Å². The number of hydrogen-bond donors (Lipinski definition) is 0. The molecule has 4 nitrogen and oxygen atoms in total. The van der Waals surface area contributed by atoms with Crippen LogP contribution < -0.4 is 18.9 Å². The van der Waals surface area contributed by atoms with E-state index in [2.05, 4.69) is 38.1 Å². The third-order valence-corrected chi connectivity index (χ3v) is 13.7. The molecular weight excluding hydrogens is 963 g/mol. The molecule has 0 amide bonds. The average Bonchev–Trinajstić information content (AvgIpc) is 3.28. The lowest BCUT2D eigenvalue weighted by atomic mass is 9.76. The predicted octanol–water partition coefficient (Wildman–Crippen LogP) is 17.1. The molecule has 73 heavy (non-hydrogen) atoms. The quantitative estimate of drug-likeness (QED) is 0.0619. The standard InChI is InChI=1S/C59H62F10O4/c1-27-19-35(20-28(2)51(27)70-56(11,12)37-23-31(5)53(32(6)24-37)72-58(15,16)39-41(60)45(64)49(68)46(65)42(39)61)55(9,10)36-21-29(3)52(30(4)22-36)71-57(13,14)38-25-33(7)54(34(8)26-38)73-59(17,18)40-43(62)47(66)50(69)48(67)44(40)63/h19-26H,1-18H3. The van der Waals surface area contributed by atoms with Gasteiger partial charge in [0.05, 0.1) is 11.1 Å². The number of halogens is 10. The first kappa shape index (κ1) is 56.1. The fourth-order valence-electron chi connectivity index (χ4n) is 9.54. The minimum Gasteiger partial charge on any atom is -0.483 e. The van der Waals surface area contributed by atoms with Crippen molar-refractivity contribution in [2.24, 2.45) is 0 Å². The van der Waals surface area contributed by atoms with E-state index in [1.165, 1.54) is 27.7 Å². The van der Waals surface area contributed by atoms with Crippen LogP contribution in [0.1, 0.15) is 147 Å². The topological polar surface area (TPSA) is 36.9 Å². The van der Waals surface area contributed by atoms with Crippen molar-refractivity contribution in [3.63, 3.8) is 0 Å². The summed E-state index contributed by atoms with van der Waals surface area (Å²) in [7, 11) is 0. The highest BCUT2D eigenvalue weighted by Crippen LogP contribution is 2.45. The highest BCUT2D eigenvalue weighted by atomic mass is 19.2. The molecule has 0 aromatic heterocycles. The average molecular weight is 1030 g/mol. The Morgan fingerprint density at radius 2 is 0.411 bits per heavy atom. The highest BCUT2D eigenvalue weighted by molar-refractivity contribution is 5.54. The summed E-state index contributed by atoms with van der Waals surface area (Å²) in [5, 5.41) is 0. The minimum atomic E-state index is -2.25. The maximum Gasteiger partial charge on any atom is 0.200 e. The van der Waals surface area contributed by atoms with E-state index >= 15 is 0 Å². The fraction of sp³-hybridized carbons (Fsp3) is 0.390. The molecule has 0 aliphatic carbocycles. The van der Waals surface area contributed by atoms with Gasteiger partial charge in [-0.3, -0.25) is 0 Å². The lowest BCUT2D eigenvalue weighted by Crippen LogP contribution is -2.31. The Bertz CT molecular complexity index is 2840. The summed E-state index contributed by atoms with van der Waals surface area (Å²) in [6, 6.07) is 15.6. The van der Waals surface area contributed by atoms with Gasteiger partial charge in [-0.25, -0.2) is 43.9 Å². The highest BCUT2D eigenvalue weighted by Gasteiger charge is 2.40. The van der Waals surface area contributed by atoms with E-state index in [1.54, 1.807) is 52.0 Å². The van der Waals surface area contributed by atoms with E-state index in [4.69, 9.17) is 18.9 Å². The Morgan fingerprint density at radius 3 is 0.616 bits per heavy atom. The summed E-state index contributed by atoms with van der Waals surface area (Å²) < 4.78 is 170. The summed E-state index contributed by atoms with van der Waals surface area (Å²) in [4.78, 5) is 0. The van der Waals surface area contributed by atoms with Crippen LogP contribution in [0.5, 0.6) is 23.0 Å². The molecule has 6 aromatic rings. The zero-order valence-corrected chi connectivity index (χ0v) is 44.5. The summed E-state index contributed by atoms with van der Waals surface area (Å²) >= 11 is 0. The minimum absolute atomic E-state index is 0.219. The van der Waals surface area contributed by atoms with E-state index < -0.39 is 97.1 Å². The van der Waals surface area contributed by atoms with Gasteiger partial charge in [0.25, 0.3) is 0 Å². The zero-order chi connectivity index (χ0) is 55.2. The molecular formula is C59H62F10O4. The third-order valence-electron chi connectivity index (χ3n) is 13.7. The molecule has 0 spiro atoms. The Hall–Kier alpha value is -6.18. The van der Waals surface area contributed by atoms with Crippen LogP contribution in [0.2, 0.25) is 0 Å². The second-order valence-electron chi connectivity index (χ2n) is 21.7. The van der Waals surface area contributed by atoms with Gasteiger partial charge >= 0.3 is 0 Å². The van der Waals surface area contributed by atoms with E-state index in [1.807, 2.05) is 55.4 Å². The van der Waals surface area contributed by atoms with Crippen molar-refractivity contribution in [3.05, 3.63) is 185 Å². The van der Waals surface area contributed by atoms with Crippen LogP contribution in [0.15, 0.2) is 48.5 Å². The molecule has 0 atom stereocenters. The lowest BCUT2D eigenvalue weighted by Gasteiger charge is -2.34. The van der Waals surface area contributed by atoms with Gasteiger partial charge in [-0.2, -0.15) is 0 Å². The Morgan fingerprint density at radius 1 is 0.247 bits per heavy atom. The first-order valence-electron chi connectivity index (χ1n) is 23.6. The van der Waals surface area contributed by atoms with Gasteiger partial charge in [0.1, 0.15) is 45.4 Å². The molecule has 0 unspecified atom stereocenters. The molecule has 0 heterocycles. The van der Waals surface area contributed by atoms with E-state index in [0.29, 0.717) is 33.8 Å². The molecule has 14 heteroatoms. The largest absolute Gasteiger partial charge is 0.483 e. The fourth-order valence-corrected chi connectivity index (χ4v) is 9.54. The molecule has 0 saturated heterocycles. The number of rotatable bonds is 14. The Labute approximate surface area is 421 Å². The predicted molar refractivity (Wildman–Crippen MR) is 263 cm³/mol. The first-order chi connectivity index (χ1) is 33.4. The van der Waals surface area contributed by atoms with Crippen LogP contribution in [0.4, 0.5) is 43.9 Å².